The predicted molar refractivity (Wildman–Crippen MR) is 108 cm³/mol. The summed E-state index contributed by atoms with van der Waals surface area (Å²) in [7, 11) is -4.06. The fourth-order valence-electron chi connectivity index (χ4n) is 3.06. The Labute approximate surface area is 174 Å². The molecule has 0 aromatic heterocycles. The van der Waals surface area contributed by atoms with Crippen LogP contribution >= 0.6 is 0 Å². The van der Waals surface area contributed by atoms with Crippen molar-refractivity contribution < 1.29 is 32.3 Å². The predicted octanol–water partition coefficient (Wildman–Crippen LogP) is 3.65. The fourth-order valence-corrected chi connectivity index (χ4v) is 4.71. The highest BCUT2D eigenvalue weighted by atomic mass is 32.2. The first-order valence-electron chi connectivity index (χ1n) is 9.20. The molecule has 9 heteroatoms. The quantitative estimate of drug-likeness (QED) is 0.415. The maximum atomic E-state index is 13.2. The van der Waals surface area contributed by atoms with E-state index in [4.69, 9.17) is 9.47 Å². The van der Waals surface area contributed by atoms with Crippen molar-refractivity contribution in [3.8, 4) is 0 Å². The highest BCUT2D eigenvalue weighted by Crippen LogP contribution is 2.46. The maximum Gasteiger partial charge on any atom is 0.419 e. The molecule has 1 aliphatic heterocycles. The number of esters is 1. The molecule has 0 atom stereocenters. The van der Waals surface area contributed by atoms with Crippen LogP contribution in [0.25, 0.3) is 0 Å². The van der Waals surface area contributed by atoms with Crippen LogP contribution in [-0.4, -0.2) is 38.5 Å². The number of sulfone groups is 1. The normalized spacial score (nSPS) is 14.3. The Morgan fingerprint density at radius 2 is 1.60 bits per heavy atom. The number of para-hydroxylation sites is 2. The van der Waals surface area contributed by atoms with Crippen LogP contribution in [0.3, 0.4) is 0 Å². The Morgan fingerprint density at radius 1 is 0.967 bits per heavy atom. The number of amides is 1. The summed E-state index contributed by atoms with van der Waals surface area (Å²) in [5, 5.41) is 0. The number of fused-ring (bicyclic) bond motifs is 2. The van der Waals surface area contributed by atoms with Crippen molar-refractivity contribution in [3.05, 3.63) is 48.0 Å². The number of benzene rings is 2. The third kappa shape index (κ3) is 3.68. The summed E-state index contributed by atoms with van der Waals surface area (Å²) in [6.45, 7) is 6.49. The summed E-state index contributed by atoms with van der Waals surface area (Å²) in [5.41, 5.74) is -1.36. The molecule has 158 valence electrons. The van der Waals surface area contributed by atoms with Crippen molar-refractivity contribution in [2.45, 2.75) is 43.1 Å². The number of ketones is 1. The molecule has 8 nitrogen and oxygen atoms in total. The minimum atomic E-state index is -4.06. The molecule has 1 aliphatic rings. The van der Waals surface area contributed by atoms with Crippen molar-refractivity contribution in [1.82, 2.24) is 0 Å². The lowest BCUT2D eigenvalue weighted by molar-refractivity contribution is -0.137. The minimum Gasteiger partial charge on any atom is -0.460 e. The van der Waals surface area contributed by atoms with E-state index < -0.39 is 33.3 Å². The lowest BCUT2D eigenvalue weighted by atomic mass is 10.1. The number of hydrogen-bond donors (Lipinski definition) is 0. The van der Waals surface area contributed by atoms with Gasteiger partial charge in [0.25, 0.3) is 5.78 Å². The average molecular weight is 431 g/mol. The standard InChI is InChI=1S/C21H21NO7S/c1-5-28-19(24)18(23)13-9-8-12-16-17(13)22(20(25)29-21(2,3)4)14-10-6-7-11-15(14)30(16,26)27/h6-12H,5H2,1-4H3. The zero-order valence-electron chi connectivity index (χ0n) is 17.0. The van der Waals surface area contributed by atoms with E-state index in [1.165, 1.54) is 36.4 Å². The van der Waals surface area contributed by atoms with Gasteiger partial charge in [0.2, 0.25) is 9.84 Å². The van der Waals surface area contributed by atoms with Gasteiger partial charge in [0, 0.05) is 0 Å². The fraction of sp³-hybridized carbons (Fsp3) is 0.286. The molecule has 2 aromatic rings. The average Bonchev–Trinajstić information content (AvgIpc) is 2.66. The number of hydrogen-bond acceptors (Lipinski definition) is 7. The highest BCUT2D eigenvalue weighted by molar-refractivity contribution is 7.92. The van der Waals surface area contributed by atoms with Gasteiger partial charge in [0.05, 0.1) is 33.3 Å². The van der Waals surface area contributed by atoms with Gasteiger partial charge >= 0.3 is 12.1 Å². The second kappa shape index (κ2) is 7.56. The summed E-state index contributed by atoms with van der Waals surface area (Å²) in [6.07, 6.45) is -0.879. The maximum absolute atomic E-state index is 13.2. The minimum absolute atomic E-state index is 0.0309. The van der Waals surface area contributed by atoms with Gasteiger partial charge in [-0.1, -0.05) is 18.2 Å². The lowest BCUT2D eigenvalue weighted by Gasteiger charge is -2.33. The van der Waals surface area contributed by atoms with Crippen molar-refractivity contribution in [2.75, 3.05) is 11.5 Å². The van der Waals surface area contributed by atoms with Gasteiger partial charge in [-0.05, 0) is 52.0 Å². The van der Waals surface area contributed by atoms with Crippen LogP contribution in [0.4, 0.5) is 16.2 Å². The third-order valence-corrected chi connectivity index (χ3v) is 6.02. The number of anilines is 2. The lowest BCUT2D eigenvalue weighted by Crippen LogP contribution is -2.38. The molecule has 2 aromatic carbocycles. The van der Waals surface area contributed by atoms with E-state index in [1.807, 2.05) is 0 Å². The first-order chi connectivity index (χ1) is 14.0. The van der Waals surface area contributed by atoms with Gasteiger partial charge in [-0.15, -0.1) is 0 Å². The molecule has 1 amide bonds. The van der Waals surface area contributed by atoms with Crippen LogP contribution in [0.2, 0.25) is 0 Å². The third-order valence-electron chi connectivity index (χ3n) is 4.19. The summed E-state index contributed by atoms with van der Waals surface area (Å²) >= 11 is 0. The van der Waals surface area contributed by atoms with Gasteiger partial charge < -0.3 is 9.47 Å². The van der Waals surface area contributed by atoms with Crippen LogP contribution in [-0.2, 0) is 24.1 Å². The highest BCUT2D eigenvalue weighted by Gasteiger charge is 2.41. The van der Waals surface area contributed by atoms with Crippen molar-refractivity contribution in [2.24, 2.45) is 0 Å². The molecule has 30 heavy (non-hydrogen) atoms. The first kappa shape index (κ1) is 21.5. The zero-order valence-corrected chi connectivity index (χ0v) is 17.8. The monoisotopic (exact) mass is 431 g/mol. The Kier molecular flexibility index (Phi) is 5.42. The molecule has 3 rings (SSSR count). The largest absolute Gasteiger partial charge is 0.460 e. The van der Waals surface area contributed by atoms with Gasteiger partial charge in [-0.25, -0.2) is 22.9 Å². The molecule has 0 spiro atoms. The van der Waals surface area contributed by atoms with E-state index in [1.54, 1.807) is 33.8 Å². The SMILES string of the molecule is CCOC(=O)C(=O)c1cccc2c1N(C(=O)OC(C)(C)C)c1ccccc1S2(=O)=O. The molecule has 0 saturated carbocycles. The van der Waals surface area contributed by atoms with E-state index in [0.717, 1.165) is 4.90 Å². The van der Waals surface area contributed by atoms with Crippen LogP contribution in [0.5, 0.6) is 0 Å². The molecular formula is C21H21NO7S. The molecule has 0 saturated heterocycles. The Hall–Kier alpha value is -3.20. The van der Waals surface area contributed by atoms with E-state index >= 15 is 0 Å². The van der Waals surface area contributed by atoms with E-state index in [9.17, 15) is 22.8 Å². The van der Waals surface area contributed by atoms with Gasteiger partial charge in [0.1, 0.15) is 5.60 Å². The van der Waals surface area contributed by atoms with Crippen molar-refractivity contribution >= 4 is 39.1 Å². The molecule has 0 N–H and O–H groups in total. The smallest absolute Gasteiger partial charge is 0.419 e. The Balaban J connectivity index is 2.32. The van der Waals surface area contributed by atoms with Gasteiger partial charge in [-0.2, -0.15) is 0 Å². The van der Waals surface area contributed by atoms with Crippen LogP contribution < -0.4 is 4.90 Å². The summed E-state index contributed by atoms with van der Waals surface area (Å²) in [4.78, 5) is 38.6. The van der Waals surface area contributed by atoms with Crippen LogP contribution in [0.15, 0.2) is 52.3 Å². The number of carbonyl (C=O) groups excluding carboxylic acids is 3. The number of Topliss-reactive ketones (excluding diaryl/α,β-unsaturated/α-hetero) is 1. The van der Waals surface area contributed by atoms with Crippen LogP contribution in [0, 0.1) is 0 Å². The second-order valence-electron chi connectivity index (χ2n) is 7.49. The summed E-state index contributed by atoms with van der Waals surface area (Å²) in [6, 6.07) is 9.79. The van der Waals surface area contributed by atoms with Gasteiger partial charge in [0.15, 0.2) is 0 Å². The van der Waals surface area contributed by atoms with Gasteiger partial charge in [-0.3, -0.25) is 4.79 Å². The molecule has 0 bridgehead atoms. The summed E-state index contributed by atoms with van der Waals surface area (Å²) in [5.74, 6) is -2.21. The zero-order chi connectivity index (χ0) is 22.3. The molecular weight excluding hydrogens is 410 g/mol. The number of ether oxygens (including phenoxy) is 2. The van der Waals surface area contributed by atoms with Crippen molar-refractivity contribution in [3.63, 3.8) is 0 Å². The summed E-state index contributed by atoms with van der Waals surface area (Å²) < 4.78 is 36.7. The molecule has 0 fully saturated rings. The molecule has 0 aliphatic carbocycles. The molecule has 0 unspecified atom stereocenters. The molecule has 0 radical (unpaired) electrons. The Morgan fingerprint density at radius 3 is 2.23 bits per heavy atom. The first-order valence-corrected chi connectivity index (χ1v) is 10.7. The van der Waals surface area contributed by atoms with E-state index in [-0.39, 0.29) is 33.3 Å². The van der Waals surface area contributed by atoms with Crippen molar-refractivity contribution in [1.29, 1.82) is 0 Å². The van der Waals surface area contributed by atoms with E-state index in [2.05, 4.69) is 0 Å². The number of carbonyl (C=O) groups is 3. The second-order valence-corrected chi connectivity index (χ2v) is 9.38. The Bertz CT molecular complexity index is 1150. The molecule has 1 heterocycles. The topological polar surface area (TPSA) is 107 Å². The van der Waals surface area contributed by atoms with Crippen LogP contribution in [0.1, 0.15) is 38.1 Å². The van der Waals surface area contributed by atoms with E-state index in [0.29, 0.717) is 0 Å². The number of rotatable bonds is 3. The number of nitrogens with zero attached hydrogens (tertiary/aromatic N) is 1.